The van der Waals surface area contributed by atoms with E-state index in [1.54, 1.807) is 13.1 Å². The second-order valence-electron chi connectivity index (χ2n) is 2.44. The molecular weight excluding hydrogens is 126 g/mol. The van der Waals surface area contributed by atoms with Crippen molar-refractivity contribution in [1.82, 2.24) is 0 Å². The van der Waals surface area contributed by atoms with Crippen molar-refractivity contribution >= 4 is 11.5 Å². The molecule has 0 aliphatic carbocycles. The molecule has 0 amide bonds. The van der Waals surface area contributed by atoms with Crippen molar-refractivity contribution in [1.29, 1.82) is 0 Å². The van der Waals surface area contributed by atoms with Crippen LogP contribution in [0.5, 0.6) is 0 Å². The lowest BCUT2D eigenvalue weighted by atomic mass is 10.2. The van der Waals surface area contributed by atoms with Crippen molar-refractivity contribution in [3.63, 3.8) is 0 Å². The van der Waals surface area contributed by atoms with Gasteiger partial charge in [0.2, 0.25) is 0 Å². The highest BCUT2D eigenvalue weighted by Gasteiger charge is 1.92. The summed E-state index contributed by atoms with van der Waals surface area (Å²) in [5.74, 6) is 0.0741. The van der Waals surface area contributed by atoms with Crippen molar-refractivity contribution in [2.75, 3.05) is 0 Å². The molecule has 0 bridgehead atoms. The third-order valence-electron chi connectivity index (χ3n) is 1.07. The number of carbonyl (C=O) groups excluding carboxylic acids is 1. The fourth-order valence-corrected chi connectivity index (χ4v) is 0.317. The molecule has 0 saturated carbocycles. The Morgan fingerprint density at radius 1 is 1.20 bits per heavy atom. The van der Waals surface area contributed by atoms with Gasteiger partial charge < -0.3 is 0 Å². The van der Waals surface area contributed by atoms with Gasteiger partial charge in [0, 0.05) is 17.5 Å². The number of rotatable bonds is 2. The van der Waals surface area contributed by atoms with Crippen LogP contribution < -0.4 is 0 Å². The van der Waals surface area contributed by atoms with Crippen LogP contribution in [0, 0.1) is 0 Å². The average Bonchev–Trinajstić information content (AvgIpc) is 1.82. The molecule has 2 nitrogen and oxygen atoms in total. The summed E-state index contributed by atoms with van der Waals surface area (Å²) in [7, 11) is 0. The SMILES string of the molecule is CC(=O)/C(C)=C/N=C(C)C. The zero-order chi connectivity index (χ0) is 8.15. The highest BCUT2D eigenvalue weighted by Crippen LogP contribution is 1.93. The van der Waals surface area contributed by atoms with Crippen LogP contribution in [0.25, 0.3) is 0 Å². The molecule has 0 radical (unpaired) electrons. The van der Waals surface area contributed by atoms with Crippen LogP contribution in [0.4, 0.5) is 0 Å². The smallest absolute Gasteiger partial charge is 0.157 e. The lowest BCUT2D eigenvalue weighted by Gasteiger charge is -1.89. The van der Waals surface area contributed by atoms with Gasteiger partial charge in [-0.2, -0.15) is 0 Å². The molecule has 0 aromatic heterocycles. The monoisotopic (exact) mass is 139 g/mol. The van der Waals surface area contributed by atoms with E-state index >= 15 is 0 Å². The van der Waals surface area contributed by atoms with Crippen LogP contribution in [0.15, 0.2) is 16.8 Å². The maximum Gasteiger partial charge on any atom is 0.157 e. The molecule has 0 unspecified atom stereocenters. The normalized spacial score (nSPS) is 11.0. The van der Waals surface area contributed by atoms with Gasteiger partial charge in [0.05, 0.1) is 0 Å². The molecule has 0 spiro atoms. The molecular formula is C8H13NO. The third kappa shape index (κ3) is 4.01. The number of hydrogen-bond acceptors (Lipinski definition) is 2. The van der Waals surface area contributed by atoms with Gasteiger partial charge in [-0.15, -0.1) is 0 Å². The molecule has 56 valence electrons. The molecule has 0 aromatic carbocycles. The largest absolute Gasteiger partial charge is 0.295 e. The number of Topliss-reactive ketones (excluding diaryl/α,β-unsaturated/α-hetero) is 1. The summed E-state index contributed by atoms with van der Waals surface area (Å²) in [6.45, 7) is 7.08. The first-order valence-electron chi connectivity index (χ1n) is 3.22. The summed E-state index contributed by atoms with van der Waals surface area (Å²) in [5.41, 5.74) is 1.65. The zero-order valence-corrected chi connectivity index (χ0v) is 6.93. The molecule has 0 atom stereocenters. The lowest BCUT2D eigenvalue weighted by Crippen LogP contribution is -1.90. The van der Waals surface area contributed by atoms with Crippen LogP contribution in [0.2, 0.25) is 0 Å². The average molecular weight is 139 g/mol. The maximum atomic E-state index is 10.6. The van der Waals surface area contributed by atoms with E-state index < -0.39 is 0 Å². The molecule has 10 heavy (non-hydrogen) atoms. The minimum atomic E-state index is 0.0741. The summed E-state index contributed by atoms with van der Waals surface area (Å²) in [6, 6.07) is 0. The predicted molar refractivity (Wildman–Crippen MR) is 43.2 cm³/mol. The van der Waals surface area contributed by atoms with Crippen molar-refractivity contribution in [2.24, 2.45) is 4.99 Å². The van der Waals surface area contributed by atoms with Crippen LogP contribution in [0.1, 0.15) is 27.7 Å². The second-order valence-corrected chi connectivity index (χ2v) is 2.44. The third-order valence-corrected chi connectivity index (χ3v) is 1.07. The first-order valence-corrected chi connectivity index (χ1v) is 3.22. The van der Waals surface area contributed by atoms with Crippen molar-refractivity contribution < 1.29 is 4.79 Å². The summed E-state index contributed by atoms with van der Waals surface area (Å²) < 4.78 is 0. The Balaban J connectivity index is 4.19. The molecule has 0 rings (SSSR count). The summed E-state index contributed by atoms with van der Waals surface area (Å²) >= 11 is 0. The van der Waals surface area contributed by atoms with Crippen LogP contribution in [-0.4, -0.2) is 11.5 Å². The molecule has 0 aromatic rings. The molecule has 2 heteroatoms. The summed E-state index contributed by atoms with van der Waals surface area (Å²) in [4.78, 5) is 14.6. The fraction of sp³-hybridized carbons (Fsp3) is 0.500. The van der Waals surface area contributed by atoms with E-state index in [4.69, 9.17) is 0 Å². The topological polar surface area (TPSA) is 29.4 Å². The second kappa shape index (κ2) is 3.99. The predicted octanol–water partition coefficient (Wildman–Crippen LogP) is 1.96. The van der Waals surface area contributed by atoms with Gasteiger partial charge >= 0.3 is 0 Å². The van der Waals surface area contributed by atoms with Crippen LogP contribution in [0.3, 0.4) is 0 Å². The number of ketones is 1. The molecule has 0 N–H and O–H groups in total. The van der Waals surface area contributed by atoms with E-state index in [0.717, 1.165) is 5.71 Å². The lowest BCUT2D eigenvalue weighted by molar-refractivity contribution is -0.113. The van der Waals surface area contributed by atoms with Crippen molar-refractivity contribution in [2.45, 2.75) is 27.7 Å². The number of aliphatic imine (C=N–C) groups is 1. The van der Waals surface area contributed by atoms with Gasteiger partial charge in [-0.1, -0.05) is 0 Å². The Bertz CT molecular complexity index is 185. The van der Waals surface area contributed by atoms with Crippen LogP contribution >= 0.6 is 0 Å². The Morgan fingerprint density at radius 3 is 2.00 bits per heavy atom. The van der Waals surface area contributed by atoms with E-state index in [1.807, 2.05) is 13.8 Å². The van der Waals surface area contributed by atoms with Gasteiger partial charge in [-0.05, 0) is 27.7 Å². The molecule has 0 heterocycles. The highest BCUT2D eigenvalue weighted by atomic mass is 16.1. The van der Waals surface area contributed by atoms with E-state index in [-0.39, 0.29) is 5.78 Å². The number of allylic oxidation sites excluding steroid dienone is 1. The Labute approximate surface area is 61.7 Å². The first kappa shape index (κ1) is 9.08. The standard InChI is InChI=1S/C8H13NO/c1-6(2)9-5-7(3)8(4)10/h5H,1-4H3/b7-5+. The number of hydrogen-bond donors (Lipinski definition) is 0. The zero-order valence-electron chi connectivity index (χ0n) is 6.93. The number of nitrogens with zero attached hydrogens (tertiary/aromatic N) is 1. The van der Waals surface area contributed by atoms with Gasteiger partial charge in [0.1, 0.15) is 0 Å². The first-order chi connectivity index (χ1) is 4.54. The minimum Gasteiger partial charge on any atom is -0.295 e. The molecule has 0 saturated heterocycles. The molecule has 0 aliphatic heterocycles. The number of carbonyl (C=O) groups is 1. The Hall–Kier alpha value is -0.920. The van der Waals surface area contributed by atoms with Gasteiger partial charge in [-0.25, -0.2) is 0 Å². The van der Waals surface area contributed by atoms with Crippen LogP contribution in [-0.2, 0) is 4.79 Å². The van der Waals surface area contributed by atoms with Gasteiger partial charge in [-0.3, -0.25) is 9.79 Å². The van der Waals surface area contributed by atoms with E-state index in [0.29, 0.717) is 5.57 Å². The summed E-state index contributed by atoms with van der Waals surface area (Å²) in [6.07, 6.45) is 1.59. The maximum absolute atomic E-state index is 10.6. The fourth-order valence-electron chi connectivity index (χ4n) is 0.317. The Morgan fingerprint density at radius 2 is 1.70 bits per heavy atom. The van der Waals surface area contributed by atoms with E-state index in [2.05, 4.69) is 4.99 Å². The summed E-state index contributed by atoms with van der Waals surface area (Å²) in [5, 5.41) is 0. The minimum absolute atomic E-state index is 0.0741. The molecule has 0 fully saturated rings. The van der Waals surface area contributed by atoms with E-state index in [1.165, 1.54) is 6.92 Å². The quantitative estimate of drug-likeness (QED) is 0.424. The molecule has 0 aliphatic rings. The Kier molecular flexibility index (Phi) is 3.62. The van der Waals surface area contributed by atoms with Crippen molar-refractivity contribution in [3.05, 3.63) is 11.8 Å². The van der Waals surface area contributed by atoms with Gasteiger partial charge in [0.15, 0.2) is 5.78 Å². The van der Waals surface area contributed by atoms with E-state index in [9.17, 15) is 4.79 Å². The highest BCUT2D eigenvalue weighted by molar-refractivity contribution is 5.93. The van der Waals surface area contributed by atoms with Gasteiger partial charge in [0.25, 0.3) is 0 Å². The van der Waals surface area contributed by atoms with Crippen molar-refractivity contribution in [3.8, 4) is 0 Å².